The SMILES string of the molecule is COC(=O)C(=O)C[C@H](O[C@@H]1CCC[C@H](C)O1)C1CCCCC1. The second kappa shape index (κ2) is 8.63. The van der Waals surface area contributed by atoms with E-state index in [0.717, 1.165) is 32.1 Å². The average Bonchev–Trinajstić information content (AvgIpc) is 2.54. The van der Waals surface area contributed by atoms with Crippen LogP contribution in [0.25, 0.3) is 0 Å². The largest absolute Gasteiger partial charge is 0.463 e. The maximum atomic E-state index is 11.9. The summed E-state index contributed by atoms with van der Waals surface area (Å²) < 4.78 is 16.5. The Morgan fingerprint density at radius 1 is 1.09 bits per heavy atom. The molecule has 1 heterocycles. The van der Waals surface area contributed by atoms with Crippen molar-refractivity contribution in [3.63, 3.8) is 0 Å². The molecule has 1 saturated heterocycles. The highest BCUT2D eigenvalue weighted by Gasteiger charge is 2.32. The van der Waals surface area contributed by atoms with Crippen molar-refractivity contribution < 1.29 is 23.8 Å². The lowest BCUT2D eigenvalue weighted by Crippen LogP contribution is -2.37. The van der Waals surface area contributed by atoms with Gasteiger partial charge in [0, 0.05) is 6.42 Å². The Kier molecular flexibility index (Phi) is 6.83. The molecule has 1 aliphatic heterocycles. The first-order valence-corrected chi connectivity index (χ1v) is 8.52. The minimum absolute atomic E-state index is 0.103. The first kappa shape index (κ1) is 17.4. The van der Waals surface area contributed by atoms with Gasteiger partial charge in [0.15, 0.2) is 6.29 Å². The Labute approximate surface area is 132 Å². The lowest BCUT2D eigenvalue weighted by atomic mass is 9.83. The molecule has 0 radical (unpaired) electrons. The molecule has 22 heavy (non-hydrogen) atoms. The summed E-state index contributed by atoms with van der Waals surface area (Å²) in [5.41, 5.74) is 0. The number of ether oxygens (including phenoxy) is 3. The third-order valence-corrected chi connectivity index (χ3v) is 4.74. The summed E-state index contributed by atoms with van der Waals surface area (Å²) in [7, 11) is 1.24. The summed E-state index contributed by atoms with van der Waals surface area (Å²) in [5.74, 6) is -0.938. The van der Waals surface area contributed by atoms with Crippen LogP contribution in [-0.2, 0) is 23.8 Å². The third kappa shape index (κ3) is 5.06. The Balaban J connectivity index is 1.96. The Hall–Kier alpha value is -0.940. The highest BCUT2D eigenvalue weighted by atomic mass is 16.7. The lowest BCUT2D eigenvalue weighted by molar-refractivity contribution is -0.222. The van der Waals surface area contributed by atoms with Crippen molar-refractivity contribution >= 4 is 11.8 Å². The van der Waals surface area contributed by atoms with E-state index in [1.165, 1.54) is 26.4 Å². The molecule has 126 valence electrons. The van der Waals surface area contributed by atoms with E-state index in [2.05, 4.69) is 4.74 Å². The third-order valence-electron chi connectivity index (χ3n) is 4.74. The van der Waals surface area contributed by atoms with Gasteiger partial charge in [-0.05, 0) is 44.9 Å². The summed E-state index contributed by atoms with van der Waals surface area (Å²) in [6, 6.07) is 0. The minimum Gasteiger partial charge on any atom is -0.463 e. The van der Waals surface area contributed by atoms with Gasteiger partial charge < -0.3 is 14.2 Å². The molecule has 0 amide bonds. The topological polar surface area (TPSA) is 61.8 Å². The minimum atomic E-state index is -0.776. The van der Waals surface area contributed by atoms with Crippen molar-refractivity contribution in [2.45, 2.75) is 83.2 Å². The van der Waals surface area contributed by atoms with Gasteiger partial charge in [-0.1, -0.05) is 19.3 Å². The number of carbonyl (C=O) groups excluding carboxylic acids is 2. The van der Waals surface area contributed by atoms with Crippen LogP contribution in [0.4, 0.5) is 0 Å². The Morgan fingerprint density at radius 3 is 2.45 bits per heavy atom. The predicted molar refractivity (Wildman–Crippen MR) is 81.3 cm³/mol. The summed E-state index contributed by atoms with van der Waals surface area (Å²) in [6.07, 6.45) is 8.49. The smallest absolute Gasteiger partial charge is 0.374 e. The molecule has 1 saturated carbocycles. The zero-order valence-electron chi connectivity index (χ0n) is 13.7. The van der Waals surface area contributed by atoms with E-state index < -0.39 is 11.8 Å². The molecule has 5 nitrogen and oxygen atoms in total. The summed E-state index contributed by atoms with van der Waals surface area (Å²) in [6.45, 7) is 2.05. The summed E-state index contributed by atoms with van der Waals surface area (Å²) in [5, 5.41) is 0. The first-order valence-electron chi connectivity index (χ1n) is 8.52. The van der Waals surface area contributed by atoms with Gasteiger partial charge in [0.25, 0.3) is 0 Å². The van der Waals surface area contributed by atoms with Crippen LogP contribution in [-0.4, -0.2) is 37.4 Å². The van der Waals surface area contributed by atoms with E-state index in [-0.39, 0.29) is 24.9 Å². The van der Waals surface area contributed by atoms with Crippen LogP contribution >= 0.6 is 0 Å². The zero-order valence-corrected chi connectivity index (χ0v) is 13.7. The van der Waals surface area contributed by atoms with Crippen molar-refractivity contribution in [3.8, 4) is 0 Å². The fourth-order valence-electron chi connectivity index (χ4n) is 3.47. The van der Waals surface area contributed by atoms with E-state index in [9.17, 15) is 9.59 Å². The molecular weight excluding hydrogens is 284 g/mol. The molecule has 0 aromatic carbocycles. The van der Waals surface area contributed by atoms with Crippen LogP contribution in [0.3, 0.4) is 0 Å². The van der Waals surface area contributed by atoms with Gasteiger partial charge >= 0.3 is 5.97 Å². The number of esters is 1. The van der Waals surface area contributed by atoms with Crippen LogP contribution in [0.15, 0.2) is 0 Å². The molecule has 3 atom stereocenters. The molecular formula is C17H28O5. The molecule has 5 heteroatoms. The fourth-order valence-corrected chi connectivity index (χ4v) is 3.47. The molecule has 2 rings (SSSR count). The monoisotopic (exact) mass is 312 g/mol. The highest BCUT2D eigenvalue weighted by molar-refractivity contribution is 6.33. The Bertz CT molecular complexity index is 375. The molecule has 0 N–H and O–H groups in total. The average molecular weight is 312 g/mol. The Morgan fingerprint density at radius 2 is 1.82 bits per heavy atom. The van der Waals surface area contributed by atoms with Crippen molar-refractivity contribution in [1.82, 2.24) is 0 Å². The second-order valence-corrected chi connectivity index (χ2v) is 6.50. The van der Waals surface area contributed by atoms with Gasteiger partial charge in [-0.3, -0.25) is 4.79 Å². The summed E-state index contributed by atoms with van der Waals surface area (Å²) in [4.78, 5) is 23.4. The van der Waals surface area contributed by atoms with Gasteiger partial charge in [0.05, 0.1) is 19.3 Å². The van der Waals surface area contributed by atoms with Crippen LogP contribution in [0.5, 0.6) is 0 Å². The van der Waals surface area contributed by atoms with Gasteiger partial charge in [0.2, 0.25) is 5.78 Å². The van der Waals surface area contributed by atoms with E-state index in [1.807, 2.05) is 6.92 Å². The molecule has 0 aromatic rings. The lowest BCUT2D eigenvalue weighted by Gasteiger charge is -2.35. The number of hydrogen-bond donors (Lipinski definition) is 0. The van der Waals surface area contributed by atoms with Crippen molar-refractivity contribution in [2.24, 2.45) is 5.92 Å². The highest BCUT2D eigenvalue weighted by Crippen LogP contribution is 2.32. The zero-order chi connectivity index (χ0) is 15.9. The number of ketones is 1. The van der Waals surface area contributed by atoms with Gasteiger partial charge in [-0.2, -0.15) is 0 Å². The van der Waals surface area contributed by atoms with Crippen molar-refractivity contribution in [3.05, 3.63) is 0 Å². The molecule has 0 unspecified atom stereocenters. The predicted octanol–water partition coefficient (Wildman–Crippen LogP) is 3.00. The molecule has 0 spiro atoms. The standard InChI is InChI=1S/C17H28O5/c1-12-7-6-10-16(21-12)22-15(11-14(18)17(19)20-2)13-8-4-3-5-9-13/h12-13,15-16H,3-11H2,1-2H3/t12-,15-,16+/m0/s1. The quantitative estimate of drug-likeness (QED) is 0.557. The van der Waals surface area contributed by atoms with Gasteiger partial charge in [-0.15, -0.1) is 0 Å². The fraction of sp³-hybridized carbons (Fsp3) is 0.882. The van der Waals surface area contributed by atoms with E-state index >= 15 is 0 Å². The molecule has 2 fully saturated rings. The van der Waals surface area contributed by atoms with Crippen LogP contribution in [0, 0.1) is 5.92 Å². The maximum Gasteiger partial charge on any atom is 0.374 e. The van der Waals surface area contributed by atoms with Gasteiger partial charge in [-0.25, -0.2) is 4.79 Å². The number of hydrogen-bond acceptors (Lipinski definition) is 5. The van der Waals surface area contributed by atoms with Crippen LogP contribution < -0.4 is 0 Å². The molecule has 0 bridgehead atoms. The molecule has 1 aliphatic carbocycles. The van der Waals surface area contributed by atoms with E-state index in [1.54, 1.807) is 0 Å². The van der Waals surface area contributed by atoms with Crippen LogP contribution in [0.1, 0.15) is 64.7 Å². The number of methoxy groups -OCH3 is 1. The van der Waals surface area contributed by atoms with E-state index in [4.69, 9.17) is 9.47 Å². The number of rotatable bonds is 6. The van der Waals surface area contributed by atoms with Crippen molar-refractivity contribution in [1.29, 1.82) is 0 Å². The van der Waals surface area contributed by atoms with E-state index in [0.29, 0.717) is 5.92 Å². The first-order chi connectivity index (χ1) is 10.6. The normalized spacial score (nSPS) is 28.1. The second-order valence-electron chi connectivity index (χ2n) is 6.50. The molecule has 0 aromatic heterocycles. The van der Waals surface area contributed by atoms with Gasteiger partial charge in [0.1, 0.15) is 0 Å². The van der Waals surface area contributed by atoms with Crippen molar-refractivity contribution in [2.75, 3.05) is 7.11 Å². The molecule has 2 aliphatic rings. The maximum absolute atomic E-state index is 11.9. The number of carbonyl (C=O) groups is 2. The number of Topliss-reactive ketones (excluding diaryl/α,β-unsaturated/α-hetero) is 1. The van der Waals surface area contributed by atoms with Crippen LogP contribution in [0.2, 0.25) is 0 Å². The summed E-state index contributed by atoms with van der Waals surface area (Å²) >= 11 is 0.